The number of nitrogens with zero attached hydrogens (tertiary/aromatic N) is 1. The van der Waals surface area contributed by atoms with E-state index in [1.165, 1.54) is 0 Å². The molecule has 0 bridgehead atoms. The lowest BCUT2D eigenvalue weighted by Gasteiger charge is -2.22. The Morgan fingerprint density at radius 1 is 1.44 bits per heavy atom. The quantitative estimate of drug-likeness (QED) is 0.849. The molecule has 1 aromatic rings. The zero-order valence-electron chi connectivity index (χ0n) is 10.9. The fourth-order valence-electron chi connectivity index (χ4n) is 2.54. The summed E-state index contributed by atoms with van der Waals surface area (Å²) >= 11 is 0. The molecule has 2 N–H and O–H groups in total. The molecule has 4 heteroatoms. The first kappa shape index (κ1) is 12.9. The molecule has 0 aliphatic carbocycles. The second-order valence-electron chi connectivity index (χ2n) is 5.27. The van der Waals surface area contributed by atoms with Crippen LogP contribution in [0.1, 0.15) is 18.9 Å². The molecule has 0 radical (unpaired) electrons. The fourth-order valence-corrected chi connectivity index (χ4v) is 2.54. The minimum atomic E-state index is -0.272. The number of benzene rings is 1. The van der Waals surface area contributed by atoms with Crippen LogP contribution in [0, 0.1) is 5.41 Å². The third-order valence-electron chi connectivity index (χ3n) is 3.67. The Morgan fingerprint density at radius 2 is 2.11 bits per heavy atom. The van der Waals surface area contributed by atoms with Crippen molar-refractivity contribution in [1.29, 1.82) is 0 Å². The third-order valence-corrected chi connectivity index (χ3v) is 3.67. The Kier molecular flexibility index (Phi) is 3.57. The van der Waals surface area contributed by atoms with Gasteiger partial charge in [0.05, 0.1) is 5.41 Å². The van der Waals surface area contributed by atoms with E-state index < -0.39 is 0 Å². The molecule has 1 fully saturated rings. The molecule has 1 heterocycles. The number of likely N-dealkylation sites (tertiary alicyclic amines) is 1. The molecule has 1 unspecified atom stereocenters. The Labute approximate surface area is 108 Å². The summed E-state index contributed by atoms with van der Waals surface area (Å²) in [4.78, 5) is 14.1. The van der Waals surface area contributed by atoms with Crippen LogP contribution < -0.4 is 5.32 Å². The minimum absolute atomic E-state index is 0.121. The number of rotatable bonds is 3. The van der Waals surface area contributed by atoms with Crippen LogP contribution in [0.4, 0.5) is 0 Å². The van der Waals surface area contributed by atoms with Crippen molar-refractivity contribution in [3.63, 3.8) is 0 Å². The van der Waals surface area contributed by atoms with Crippen LogP contribution in [0.3, 0.4) is 0 Å². The lowest BCUT2D eigenvalue weighted by Crippen LogP contribution is -2.39. The number of hydrogen-bond donors (Lipinski definition) is 2. The molecule has 1 atom stereocenters. The smallest absolute Gasteiger partial charge is 0.227 e. The van der Waals surface area contributed by atoms with Crippen molar-refractivity contribution >= 4 is 5.91 Å². The van der Waals surface area contributed by atoms with Crippen molar-refractivity contribution in [3.05, 3.63) is 29.8 Å². The molecule has 0 aromatic heterocycles. The van der Waals surface area contributed by atoms with Gasteiger partial charge in [0.2, 0.25) is 5.91 Å². The molecule has 1 aliphatic rings. The predicted octanol–water partition coefficient (Wildman–Crippen LogP) is 1.35. The third kappa shape index (κ3) is 2.64. The van der Waals surface area contributed by atoms with Crippen LogP contribution in [0.15, 0.2) is 24.3 Å². The monoisotopic (exact) mass is 248 g/mol. The number of carbonyl (C=O) groups is 1. The maximum atomic E-state index is 11.8. The van der Waals surface area contributed by atoms with Gasteiger partial charge in [-0.25, -0.2) is 0 Å². The van der Waals surface area contributed by atoms with Gasteiger partial charge < -0.3 is 10.4 Å². The number of phenolic OH excluding ortho intramolecular Hbond substituents is 1. The molecule has 18 heavy (non-hydrogen) atoms. The summed E-state index contributed by atoms with van der Waals surface area (Å²) in [6.45, 7) is 4.56. The van der Waals surface area contributed by atoms with Gasteiger partial charge >= 0.3 is 0 Å². The number of aromatic hydroxyl groups is 1. The van der Waals surface area contributed by atoms with Gasteiger partial charge in [0, 0.05) is 20.1 Å². The Balaban J connectivity index is 1.97. The highest BCUT2D eigenvalue weighted by molar-refractivity contribution is 5.82. The van der Waals surface area contributed by atoms with Crippen molar-refractivity contribution < 1.29 is 9.90 Å². The van der Waals surface area contributed by atoms with Gasteiger partial charge in [-0.05, 0) is 37.6 Å². The zero-order valence-corrected chi connectivity index (χ0v) is 10.9. The van der Waals surface area contributed by atoms with E-state index in [0.29, 0.717) is 0 Å². The van der Waals surface area contributed by atoms with Gasteiger partial charge in [-0.3, -0.25) is 9.69 Å². The first-order valence-electron chi connectivity index (χ1n) is 6.26. The minimum Gasteiger partial charge on any atom is -0.508 e. The van der Waals surface area contributed by atoms with Crippen LogP contribution in [0.2, 0.25) is 0 Å². The van der Waals surface area contributed by atoms with Gasteiger partial charge in [-0.2, -0.15) is 0 Å². The number of hydrogen-bond acceptors (Lipinski definition) is 3. The second-order valence-corrected chi connectivity index (χ2v) is 5.27. The molecule has 4 nitrogen and oxygen atoms in total. The number of carbonyl (C=O) groups excluding carboxylic acids is 1. The topological polar surface area (TPSA) is 52.6 Å². The lowest BCUT2D eigenvalue weighted by molar-refractivity contribution is -0.129. The summed E-state index contributed by atoms with van der Waals surface area (Å²) in [6.07, 6.45) is 0.894. The molecule has 1 amide bonds. The van der Waals surface area contributed by atoms with E-state index in [1.54, 1.807) is 19.2 Å². The molecule has 0 saturated carbocycles. The molecule has 1 saturated heterocycles. The Bertz CT molecular complexity index is 430. The summed E-state index contributed by atoms with van der Waals surface area (Å²) in [6, 6.07) is 7.24. The summed E-state index contributed by atoms with van der Waals surface area (Å²) in [5.41, 5.74) is 0.889. The number of amides is 1. The van der Waals surface area contributed by atoms with Crippen LogP contribution in [0.5, 0.6) is 5.75 Å². The zero-order chi connectivity index (χ0) is 13.2. The van der Waals surface area contributed by atoms with Crippen molar-refractivity contribution in [3.8, 4) is 5.75 Å². The van der Waals surface area contributed by atoms with E-state index in [2.05, 4.69) is 10.2 Å². The van der Waals surface area contributed by atoms with Crippen LogP contribution in [-0.4, -0.2) is 36.1 Å². The van der Waals surface area contributed by atoms with Crippen molar-refractivity contribution in [2.24, 2.45) is 5.41 Å². The maximum absolute atomic E-state index is 11.8. The Hall–Kier alpha value is -1.55. The summed E-state index contributed by atoms with van der Waals surface area (Å²) < 4.78 is 0. The Morgan fingerprint density at radius 3 is 2.72 bits per heavy atom. The van der Waals surface area contributed by atoms with Crippen molar-refractivity contribution in [2.45, 2.75) is 19.9 Å². The van der Waals surface area contributed by atoms with E-state index in [-0.39, 0.29) is 17.1 Å². The van der Waals surface area contributed by atoms with Gasteiger partial charge in [-0.15, -0.1) is 0 Å². The summed E-state index contributed by atoms with van der Waals surface area (Å²) in [5.74, 6) is 0.408. The van der Waals surface area contributed by atoms with Crippen LogP contribution in [-0.2, 0) is 11.3 Å². The molecule has 2 rings (SSSR count). The van der Waals surface area contributed by atoms with E-state index in [1.807, 2.05) is 19.1 Å². The van der Waals surface area contributed by atoms with E-state index >= 15 is 0 Å². The summed E-state index contributed by atoms with van der Waals surface area (Å²) in [5, 5.41) is 12.0. The molecular formula is C14H20N2O2. The average Bonchev–Trinajstić information content (AvgIpc) is 2.74. The fraction of sp³-hybridized carbons (Fsp3) is 0.500. The van der Waals surface area contributed by atoms with Crippen LogP contribution >= 0.6 is 0 Å². The summed E-state index contributed by atoms with van der Waals surface area (Å²) in [7, 11) is 1.69. The molecular weight excluding hydrogens is 228 g/mol. The highest BCUT2D eigenvalue weighted by Crippen LogP contribution is 2.31. The van der Waals surface area contributed by atoms with Crippen molar-refractivity contribution in [2.75, 3.05) is 20.1 Å². The van der Waals surface area contributed by atoms with E-state index in [0.717, 1.165) is 31.6 Å². The standard InChI is InChI=1S/C14H20N2O2/c1-14(13(18)15-2)7-8-16(10-14)9-11-3-5-12(17)6-4-11/h3-6,17H,7-10H2,1-2H3,(H,15,18). The number of nitrogens with one attached hydrogen (secondary N) is 1. The van der Waals surface area contributed by atoms with Gasteiger partial charge in [0.1, 0.15) is 5.75 Å². The van der Waals surface area contributed by atoms with Crippen LogP contribution in [0.25, 0.3) is 0 Å². The van der Waals surface area contributed by atoms with E-state index in [4.69, 9.17) is 0 Å². The molecule has 1 aliphatic heterocycles. The highest BCUT2D eigenvalue weighted by Gasteiger charge is 2.39. The average molecular weight is 248 g/mol. The normalized spacial score (nSPS) is 24.1. The first-order valence-corrected chi connectivity index (χ1v) is 6.26. The SMILES string of the molecule is CNC(=O)C1(C)CCN(Cc2ccc(O)cc2)C1. The second kappa shape index (κ2) is 4.98. The number of phenols is 1. The van der Waals surface area contributed by atoms with Gasteiger partial charge in [0.25, 0.3) is 0 Å². The maximum Gasteiger partial charge on any atom is 0.227 e. The highest BCUT2D eigenvalue weighted by atomic mass is 16.3. The molecule has 98 valence electrons. The molecule has 1 aromatic carbocycles. The van der Waals surface area contributed by atoms with Gasteiger partial charge in [0.15, 0.2) is 0 Å². The molecule has 0 spiro atoms. The van der Waals surface area contributed by atoms with Gasteiger partial charge in [-0.1, -0.05) is 12.1 Å². The lowest BCUT2D eigenvalue weighted by atomic mass is 9.89. The first-order chi connectivity index (χ1) is 8.53. The predicted molar refractivity (Wildman–Crippen MR) is 70.2 cm³/mol. The van der Waals surface area contributed by atoms with Crippen molar-refractivity contribution in [1.82, 2.24) is 10.2 Å². The van der Waals surface area contributed by atoms with E-state index in [9.17, 15) is 9.90 Å². The largest absolute Gasteiger partial charge is 0.508 e.